The summed E-state index contributed by atoms with van der Waals surface area (Å²) in [6.07, 6.45) is 7.00. The smallest absolute Gasteiger partial charge is 0.254 e. The summed E-state index contributed by atoms with van der Waals surface area (Å²) in [4.78, 5) is 25.9. The summed E-state index contributed by atoms with van der Waals surface area (Å²) in [6, 6.07) is 3.60. The van der Waals surface area contributed by atoms with E-state index in [-0.39, 0.29) is 35.5 Å². The predicted octanol–water partition coefficient (Wildman–Crippen LogP) is 3.24. The van der Waals surface area contributed by atoms with Gasteiger partial charge >= 0.3 is 0 Å². The van der Waals surface area contributed by atoms with Crippen molar-refractivity contribution in [3.05, 3.63) is 34.3 Å². The van der Waals surface area contributed by atoms with Crippen molar-refractivity contribution >= 4 is 34.0 Å². The van der Waals surface area contributed by atoms with E-state index in [0.717, 1.165) is 15.9 Å². The van der Waals surface area contributed by atoms with Gasteiger partial charge in [0.1, 0.15) is 0 Å². The highest BCUT2D eigenvalue weighted by Crippen LogP contribution is 2.65. The molecule has 146 valence electrons. The topological polar surface area (TPSA) is 68.2 Å². The molecule has 1 saturated heterocycles. The molecular formula is C21H21BrN2O4. The Morgan fingerprint density at radius 3 is 2.39 bits per heavy atom. The van der Waals surface area contributed by atoms with Gasteiger partial charge in [-0.2, -0.15) is 10.1 Å². The van der Waals surface area contributed by atoms with Gasteiger partial charge in [0.2, 0.25) is 0 Å². The molecule has 1 heterocycles. The molecule has 0 radical (unpaired) electrons. The number of rotatable bonds is 5. The molecule has 4 aliphatic carbocycles. The van der Waals surface area contributed by atoms with Crippen LogP contribution >= 0.6 is 15.9 Å². The number of allylic oxidation sites excluding steroid dienone is 2. The molecule has 0 spiro atoms. The van der Waals surface area contributed by atoms with Crippen LogP contribution in [0.25, 0.3) is 0 Å². The molecule has 2 saturated carbocycles. The Kier molecular flexibility index (Phi) is 4.12. The van der Waals surface area contributed by atoms with E-state index in [1.165, 1.54) is 6.21 Å². The lowest BCUT2D eigenvalue weighted by Gasteiger charge is -2.37. The maximum atomic E-state index is 13.0. The molecule has 0 N–H and O–H groups in total. The van der Waals surface area contributed by atoms with E-state index in [2.05, 4.69) is 33.2 Å². The van der Waals surface area contributed by atoms with Crippen LogP contribution in [0.15, 0.2) is 33.9 Å². The number of amides is 2. The molecule has 6 nitrogen and oxygen atoms in total. The van der Waals surface area contributed by atoms with Crippen molar-refractivity contribution in [2.24, 2.45) is 40.6 Å². The molecule has 2 amide bonds. The first-order chi connectivity index (χ1) is 13.5. The number of benzene rings is 1. The zero-order chi connectivity index (χ0) is 19.6. The van der Waals surface area contributed by atoms with Gasteiger partial charge in [-0.15, -0.1) is 0 Å². The van der Waals surface area contributed by atoms with Crippen molar-refractivity contribution in [2.45, 2.75) is 13.3 Å². The second kappa shape index (κ2) is 6.44. The third-order valence-corrected chi connectivity index (χ3v) is 7.09. The van der Waals surface area contributed by atoms with E-state index in [1.54, 1.807) is 13.2 Å². The van der Waals surface area contributed by atoms with Gasteiger partial charge in [0, 0.05) is 0 Å². The van der Waals surface area contributed by atoms with Crippen molar-refractivity contribution in [3.63, 3.8) is 0 Å². The largest absolute Gasteiger partial charge is 0.493 e. The Hall–Kier alpha value is -2.15. The van der Waals surface area contributed by atoms with E-state index in [0.29, 0.717) is 35.5 Å². The quantitative estimate of drug-likeness (QED) is 0.397. The number of ether oxygens (including phenoxy) is 2. The summed E-state index contributed by atoms with van der Waals surface area (Å²) in [7, 11) is 1.57. The highest BCUT2D eigenvalue weighted by molar-refractivity contribution is 9.10. The van der Waals surface area contributed by atoms with Crippen LogP contribution in [0.1, 0.15) is 18.9 Å². The molecule has 5 aliphatic rings. The van der Waals surface area contributed by atoms with Gasteiger partial charge in [0.05, 0.1) is 36.2 Å². The van der Waals surface area contributed by atoms with Crippen LogP contribution in [0, 0.1) is 35.5 Å². The SMILES string of the molecule is CCOc1c(Br)cc(/C=N\N2C(=O)[C@@H]3[C@@H]4C=C[C@H]([C@H]5C[C@@H]45)[C@@H]3C2=O)cc1OC. The third kappa shape index (κ3) is 2.48. The van der Waals surface area contributed by atoms with Crippen molar-refractivity contribution in [1.29, 1.82) is 0 Å². The zero-order valence-corrected chi connectivity index (χ0v) is 17.3. The standard InChI is InChI=1S/C21H21BrN2O4/c1-3-28-19-15(22)6-10(7-16(19)27-2)9-23-24-20(25)17-11-4-5-12(14-8-13(11)14)18(17)21(24)26/h4-7,9,11-14,17-18H,3,8H2,1-2H3/b23-9-/t11-,12-,13-,14+,17+,18-/m1/s1. The molecule has 28 heavy (non-hydrogen) atoms. The normalized spacial score (nSPS) is 34.8. The van der Waals surface area contributed by atoms with Crippen molar-refractivity contribution in [3.8, 4) is 11.5 Å². The lowest BCUT2D eigenvalue weighted by Crippen LogP contribution is -2.40. The Morgan fingerprint density at radius 2 is 1.82 bits per heavy atom. The number of hydrogen-bond acceptors (Lipinski definition) is 5. The molecular weight excluding hydrogens is 424 g/mol. The van der Waals surface area contributed by atoms with Crippen LogP contribution in [0.3, 0.4) is 0 Å². The fraction of sp³-hybridized carbons (Fsp3) is 0.476. The molecule has 2 bridgehead atoms. The first-order valence-electron chi connectivity index (χ1n) is 9.65. The summed E-state index contributed by atoms with van der Waals surface area (Å²) < 4.78 is 11.7. The van der Waals surface area contributed by atoms with E-state index in [1.807, 2.05) is 13.0 Å². The number of nitrogens with zero attached hydrogens (tertiary/aromatic N) is 2. The predicted molar refractivity (Wildman–Crippen MR) is 106 cm³/mol. The maximum absolute atomic E-state index is 13.0. The fourth-order valence-corrected chi connectivity index (χ4v) is 5.85. The second-order valence-electron chi connectivity index (χ2n) is 7.85. The number of hydrogen-bond donors (Lipinski definition) is 0. The molecule has 6 rings (SSSR count). The van der Waals surface area contributed by atoms with Crippen molar-refractivity contribution in [1.82, 2.24) is 5.01 Å². The summed E-state index contributed by atoms with van der Waals surface area (Å²) in [6.45, 7) is 2.41. The first-order valence-corrected chi connectivity index (χ1v) is 10.4. The third-order valence-electron chi connectivity index (χ3n) is 6.50. The Labute approximate surface area is 171 Å². The molecule has 0 unspecified atom stereocenters. The van der Waals surface area contributed by atoms with Gasteiger partial charge < -0.3 is 9.47 Å². The van der Waals surface area contributed by atoms with Crippen LogP contribution in [-0.2, 0) is 9.59 Å². The Morgan fingerprint density at radius 1 is 1.18 bits per heavy atom. The van der Waals surface area contributed by atoms with Gasteiger partial charge in [-0.05, 0) is 70.6 Å². The lowest BCUT2D eigenvalue weighted by atomic mass is 9.63. The summed E-state index contributed by atoms with van der Waals surface area (Å²) in [5.41, 5.74) is 0.714. The molecule has 1 aromatic rings. The lowest BCUT2D eigenvalue weighted by molar-refractivity contribution is -0.140. The van der Waals surface area contributed by atoms with Crippen LogP contribution < -0.4 is 9.47 Å². The monoisotopic (exact) mass is 444 g/mol. The van der Waals surface area contributed by atoms with E-state index in [4.69, 9.17) is 9.47 Å². The number of imide groups is 1. The zero-order valence-electron chi connectivity index (χ0n) is 15.7. The van der Waals surface area contributed by atoms with Crippen LogP contribution in [0.5, 0.6) is 11.5 Å². The number of hydrazone groups is 1. The van der Waals surface area contributed by atoms with Gasteiger partial charge in [-0.25, -0.2) is 0 Å². The fourth-order valence-electron chi connectivity index (χ4n) is 5.28. The first kappa shape index (κ1) is 17.9. The molecule has 7 heteroatoms. The van der Waals surface area contributed by atoms with Crippen molar-refractivity contribution < 1.29 is 19.1 Å². The number of halogens is 1. The number of methoxy groups -OCH3 is 1. The number of carbonyl (C=O) groups is 2. The van der Waals surface area contributed by atoms with E-state index < -0.39 is 0 Å². The molecule has 0 aromatic heterocycles. The van der Waals surface area contributed by atoms with Gasteiger partial charge in [-0.1, -0.05) is 12.2 Å². The van der Waals surface area contributed by atoms with E-state index in [9.17, 15) is 9.59 Å². The van der Waals surface area contributed by atoms with Crippen molar-refractivity contribution in [2.75, 3.05) is 13.7 Å². The molecule has 6 atom stereocenters. The van der Waals surface area contributed by atoms with Crippen LogP contribution in [-0.4, -0.2) is 36.8 Å². The molecule has 3 fully saturated rings. The van der Waals surface area contributed by atoms with Gasteiger partial charge in [0.25, 0.3) is 11.8 Å². The van der Waals surface area contributed by atoms with Gasteiger partial charge in [-0.3, -0.25) is 9.59 Å². The average molecular weight is 445 g/mol. The van der Waals surface area contributed by atoms with Crippen LogP contribution in [0.4, 0.5) is 0 Å². The minimum absolute atomic E-state index is 0.159. The highest BCUT2D eigenvalue weighted by Gasteiger charge is 2.67. The summed E-state index contributed by atoms with van der Waals surface area (Å²) in [5, 5.41) is 5.36. The highest BCUT2D eigenvalue weighted by atomic mass is 79.9. The van der Waals surface area contributed by atoms with Gasteiger partial charge in [0.15, 0.2) is 11.5 Å². The minimum atomic E-state index is -0.231. The molecule has 1 aromatic carbocycles. The summed E-state index contributed by atoms with van der Waals surface area (Å²) >= 11 is 3.48. The Bertz CT molecular complexity index is 891. The average Bonchev–Trinajstić information content (AvgIpc) is 3.47. The number of carbonyl (C=O) groups excluding carboxylic acids is 2. The summed E-state index contributed by atoms with van der Waals surface area (Å²) in [5.74, 6) is 1.98. The second-order valence-corrected chi connectivity index (χ2v) is 8.71. The molecule has 1 aliphatic heterocycles. The minimum Gasteiger partial charge on any atom is -0.493 e. The Balaban J connectivity index is 1.41. The maximum Gasteiger partial charge on any atom is 0.254 e. The van der Waals surface area contributed by atoms with E-state index >= 15 is 0 Å². The van der Waals surface area contributed by atoms with Crippen LogP contribution in [0.2, 0.25) is 0 Å².